The van der Waals surface area contributed by atoms with Crippen LogP contribution in [-0.4, -0.2) is 57.4 Å². The van der Waals surface area contributed by atoms with Crippen LogP contribution < -0.4 is 5.32 Å². The number of halogens is 1. The first-order chi connectivity index (χ1) is 11.0. The van der Waals surface area contributed by atoms with Crippen molar-refractivity contribution in [1.82, 2.24) is 4.31 Å². The van der Waals surface area contributed by atoms with Gasteiger partial charge in [-0.2, -0.15) is 4.31 Å². The number of benzene rings is 1. The first-order valence-electron chi connectivity index (χ1n) is 7.21. The number of hydrogen-bond donors (Lipinski definition) is 1. The Kier molecular flexibility index (Phi) is 5.58. The molecule has 0 aromatic heterocycles. The molecular formula is C14H19ClN2O5S2. The number of rotatable bonds is 5. The van der Waals surface area contributed by atoms with Crippen molar-refractivity contribution >= 4 is 43.1 Å². The van der Waals surface area contributed by atoms with Crippen LogP contribution in [0.25, 0.3) is 0 Å². The minimum atomic E-state index is -3.72. The molecule has 1 aromatic carbocycles. The number of aryl methyl sites for hydroxylation is 1. The highest BCUT2D eigenvalue weighted by Crippen LogP contribution is 2.22. The third kappa shape index (κ3) is 4.92. The Bertz CT molecular complexity index is 852. The van der Waals surface area contributed by atoms with Crippen LogP contribution in [0.1, 0.15) is 12.0 Å². The van der Waals surface area contributed by atoms with Gasteiger partial charge in [0.05, 0.1) is 24.3 Å². The third-order valence-electron chi connectivity index (χ3n) is 3.80. The van der Waals surface area contributed by atoms with E-state index in [1.807, 2.05) is 6.92 Å². The van der Waals surface area contributed by atoms with Crippen LogP contribution in [0.3, 0.4) is 0 Å². The van der Waals surface area contributed by atoms with E-state index < -0.39 is 38.4 Å². The van der Waals surface area contributed by atoms with Gasteiger partial charge in [0.15, 0.2) is 9.84 Å². The van der Waals surface area contributed by atoms with Gasteiger partial charge in [-0.25, -0.2) is 16.8 Å². The Hall–Kier alpha value is -1.16. The van der Waals surface area contributed by atoms with Gasteiger partial charge in [-0.15, -0.1) is 0 Å². The van der Waals surface area contributed by atoms with E-state index in [0.717, 1.165) is 16.1 Å². The number of sulfonamides is 1. The summed E-state index contributed by atoms with van der Waals surface area (Å²) in [5.74, 6) is -0.882. The van der Waals surface area contributed by atoms with Crippen molar-refractivity contribution in [2.45, 2.75) is 19.4 Å². The van der Waals surface area contributed by atoms with Gasteiger partial charge >= 0.3 is 0 Å². The predicted octanol–water partition coefficient (Wildman–Crippen LogP) is 1.04. The number of carbonyl (C=O) groups excluding carboxylic acids is 1. The number of anilines is 1. The Balaban J connectivity index is 2.12. The second-order valence-electron chi connectivity index (χ2n) is 5.88. The zero-order chi connectivity index (χ0) is 18.1. The molecule has 0 aliphatic carbocycles. The molecule has 1 atom stereocenters. The molecular weight excluding hydrogens is 376 g/mol. The van der Waals surface area contributed by atoms with Gasteiger partial charge in [0.1, 0.15) is 0 Å². The summed E-state index contributed by atoms with van der Waals surface area (Å²) in [6.07, 6.45) is 1.16. The molecule has 1 aliphatic rings. The molecule has 7 nitrogen and oxygen atoms in total. The largest absolute Gasteiger partial charge is 0.325 e. The fourth-order valence-corrected chi connectivity index (χ4v) is 5.61. The lowest BCUT2D eigenvalue weighted by molar-refractivity contribution is -0.116. The molecule has 24 heavy (non-hydrogen) atoms. The molecule has 0 radical (unpaired) electrons. The first kappa shape index (κ1) is 19.2. The highest BCUT2D eigenvalue weighted by atomic mass is 35.5. The van der Waals surface area contributed by atoms with Crippen LogP contribution in [0.4, 0.5) is 5.69 Å². The van der Waals surface area contributed by atoms with Crippen LogP contribution >= 0.6 is 11.6 Å². The van der Waals surface area contributed by atoms with Gasteiger partial charge in [-0.3, -0.25) is 4.79 Å². The van der Waals surface area contributed by atoms with Gasteiger partial charge in [0.25, 0.3) is 0 Å². The molecule has 1 amide bonds. The average Bonchev–Trinajstić information content (AvgIpc) is 2.79. The van der Waals surface area contributed by atoms with E-state index >= 15 is 0 Å². The van der Waals surface area contributed by atoms with Crippen molar-refractivity contribution in [3.63, 3.8) is 0 Å². The van der Waals surface area contributed by atoms with Crippen molar-refractivity contribution in [3.05, 3.63) is 28.8 Å². The summed E-state index contributed by atoms with van der Waals surface area (Å²) < 4.78 is 48.0. The molecule has 0 spiro atoms. The molecule has 2 rings (SSSR count). The maximum atomic E-state index is 12.2. The van der Waals surface area contributed by atoms with Gasteiger partial charge in [-0.05, 0) is 31.0 Å². The van der Waals surface area contributed by atoms with E-state index in [1.54, 1.807) is 18.2 Å². The second-order valence-corrected chi connectivity index (χ2v) is 10.4. The minimum absolute atomic E-state index is 0.0706. The lowest BCUT2D eigenvalue weighted by atomic mass is 10.2. The smallest absolute Gasteiger partial charge is 0.239 e. The van der Waals surface area contributed by atoms with Crippen LogP contribution in [0.2, 0.25) is 5.02 Å². The van der Waals surface area contributed by atoms with Crippen LogP contribution in [0, 0.1) is 6.92 Å². The van der Waals surface area contributed by atoms with Crippen LogP contribution in [0.5, 0.6) is 0 Å². The normalized spacial score (nSPS) is 20.2. The van der Waals surface area contributed by atoms with Crippen molar-refractivity contribution in [2.24, 2.45) is 0 Å². The predicted molar refractivity (Wildman–Crippen MR) is 93.4 cm³/mol. The van der Waals surface area contributed by atoms with Crippen LogP contribution in [0.15, 0.2) is 18.2 Å². The summed E-state index contributed by atoms with van der Waals surface area (Å²) in [6.45, 7) is 1.38. The van der Waals surface area contributed by atoms with Gasteiger partial charge < -0.3 is 5.32 Å². The van der Waals surface area contributed by atoms with E-state index in [-0.39, 0.29) is 17.9 Å². The van der Waals surface area contributed by atoms with Gasteiger partial charge in [0, 0.05) is 16.8 Å². The third-order valence-corrected chi connectivity index (χ3v) is 7.23. The van der Waals surface area contributed by atoms with E-state index in [0.29, 0.717) is 10.7 Å². The fourth-order valence-electron chi connectivity index (χ4n) is 2.53. The van der Waals surface area contributed by atoms with E-state index in [9.17, 15) is 21.6 Å². The van der Waals surface area contributed by atoms with Crippen molar-refractivity contribution in [3.8, 4) is 0 Å². The Morgan fingerprint density at radius 3 is 2.58 bits per heavy atom. The Morgan fingerprint density at radius 1 is 1.42 bits per heavy atom. The SMILES string of the molecule is Cc1ccc(NC(=O)CN(C2CCS(=O)(=O)C2)S(C)(=O)=O)cc1Cl. The standard InChI is InChI=1S/C14H19ClN2O5S2/c1-10-3-4-11(7-13(10)15)16-14(18)8-17(23(2,19)20)12-5-6-24(21,22)9-12/h3-4,7,12H,5-6,8-9H2,1-2H3,(H,16,18). The lowest BCUT2D eigenvalue weighted by Crippen LogP contribution is -2.44. The Morgan fingerprint density at radius 2 is 2.08 bits per heavy atom. The van der Waals surface area contributed by atoms with E-state index in [4.69, 9.17) is 11.6 Å². The molecule has 1 fully saturated rings. The topological polar surface area (TPSA) is 101 Å². The first-order valence-corrected chi connectivity index (χ1v) is 11.3. The molecule has 1 N–H and O–H groups in total. The number of hydrogen-bond acceptors (Lipinski definition) is 5. The molecule has 1 aromatic rings. The lowest BCUT2D eigenvalue weighted by Gasteiger charge is -2.24. The van der Waals surface area contributed by atoms with Gasteiger partial charge in [-0.1, -0.05) is 17.7 Å². The number of nitrogens with zero attached hydrogens (tertiary/aromatic N) is 1. The summed E-state index contributed by atoms with van der Waals surface area (Å²) in [6, 6.07) is 4.25. The summed E-state index contributed by atoms with van der Waals surface area (Å²) in [5, 5.41) is 3.06. The maximum absolute atomic E-state index is 12.2. The summed E-state index contributed by atoms with van der Waals surface area (Å²) in [5.41, 5.74) is 1.30. The summed E-state index contributed by atoms with van der Waals surface area (Å²) in [4.78, 5) is 12.2. The molecule has 0 saturated carbocycles. The van der Waals surface area contributed by atoms with E-state index in [2.05, 4.69) is 5.32 Å². The highest BCUT2D eigenvalue weighted by Gasteiger charge is 2.37. The molecule has 1 saturated heterocycles. The van der Waals surface area contributed by atoms with Crippen molar-refractivity contribution in [2.75, 3.05) is 29.6 Å². The number of carbonyl (C=O) groups is 1. The molecule has 10 heteroatoms. The fraction of sp³-hybridized carbons (Fsp3) is 0.500. The number of sulfone groups is 1. The van der Waals surface area contributed by atoms with E-state index in [1.165, 1.54) is 0 Å². The van der Waals surface area contributed by atoms with Crippen molar-refractivity contribution in [1.29, 1.82) is 0 Å². The monoisotopic (exact) mass is 394 g/mol. The maximum Gasteiger partial charge on any atom is 0.239 e. The molecule has 134 valence electrons. The highest BCUT2D eigenvalue weighted by molar-refractivity contribution is 7.92. The van der Waals surface area contributed by atoms with Crippen LogP contribution in [-0.2, 0) is 24.7 Å². The average molecular weight is 395 g/mol. The second kappa shape index (κ2) is 6.99. The summed E-state index contributed by atoms with van der Waals surface area (Å²) in [7, 11) is -6.98. The Labute approximate surface area is 147 Å². The quantitative estimate of drug-likeness (QED) is 0.804. The summed E-state index contributed by atoms with van der Waals surface area (Å²) >= 11 is 5.99. The number of nitrogens with one attached hydrogen (secondary N) is 1. The molecule has 1 aliphatic heterocycles. The molecule has 1 heterocycles. The zero-order valence-corrected chi connectivity index (χ0v) is 15.7. The molecule has 1 unspecified atom stereocenters. The molecule has 0 bridgehead atoms. The minimum Gasteiger partial charge on any atom is -0.325 e. The zero-order valence-electron chi connectivity index (χ0n) is 13.3. The van der Waals surface area contributed by atoms with Crippen molar-refractivity contribution < 1.29 is 21.6 Å². The van der Waals surface area contributed by atoms with Gasteiger partial charge in [0.2, 0.25) is 15.9 Å². The number of amides is 1.